The van der Waals surface area contributed by atoms with Crippen LogP contribution in [0.5, 0.6) is 5.75 Å². The second-order valence-corrected chi connectivity index (χ2v) is 6.10. The van der Waals surface area contributed by atoms with Gasteiger partial charge in [-0.3, -0.25) is 0 Å². The van der Waals surface area contributed by atoms with Crippen LogP contribution in [0.15, 0.2) is 46.0 Å². The highest BCUT2D eigenvalue weighted by molar-refractivity contribution is 9.10. The Hall–Kier alpha value is -1.27. The number of hydrogen-bond donors (Lipinski definition) is 1. The summed E-state index contributed by atoms with van der Waals surface area (Å²) in [5, 5.41) is 9.30. The average molecular weight is 315 g/mol. The lowest BCUT2D eigenvalue weighted by Crippen LogP contribution is -2.11. The Bertz CT molecular complexity index is 661. The summed E-state index contributed by atoms with van der Waals surface area (Å²) in [6.45, 7) is 3.66. The van der Waals surface area contributed by atoms with Gasteiger partial charge in [-0.2, -0.15) is 0 Å². The van der Waals surface area contributed by atoms with Crippen molar-refractivity contribution < 1.29 is 13.5 Å². The summed E-state index contributed by atoms with van der Waals surface area (Å²) < 4.78 is 25.9. The van der Waals surface area contributed by atoms with Gasteiger partial charge in [0.1, 0.15) is 10.4 Å². The van der Waals surface area contributed by atoms with Crippen LogP contribution in [0, 0.1) is 6.92 Å². The molecule has 0 aliphatic rings. The highest BCUT2D eigenvalue weighted by Crippen LogP contribution is 2.24. The zero-order chi connectivity index (χ0) is 12.6. The van der Waals surface area contributed by atoms with Crippen LogP contribution in [0.1, 0.15) is 5.56 Å². The van der Waals surface area contributed by atoms with Crippen LogP contribution in [0.4, 0.5) is 0 Å². The first-order valence-electron chi connectivity index (χ1n) is 4.66. The number of nitrogens with zero attached hydrogens (tertiary/aromatic N) is 1. The summed E-state index contributed by atoms with van der Waals surface area (Å²) >= 11 is 3.15. The van der Waals surface area contributed by atoms with Gasteiger partial charge in [-0.15, -0.1) is 0 Å². The summed E-state index contributed by atoms with van der Waals surface area (Å²) in [7, 11) is -3.70. The van der Waals surface area contributed by atoms with Gasteiger partial charge in [-0.05, 0) is 46.6 Å². The molecule has 0 aliphatic carbocycles. The second-order valence-electron chi connectivity index (χ2n) is 3.47. The Morgan fingerprint density at radius 3 is 2.53 bits per heavy atom. The maximum Gasteiger partial charge on any atom is 0.268 e. The fourth-order valence-electron chi connectivity index (χ4n) is 1.41. The lowest BCUT2D eigenvalue weighted by molar-refractivity contribution is 0.473. The summed E-state index contributed by atoms with van der Waals surface area (Å²) in [5.74, 6) is -0.0933. The molecule has 0 atom stereocenters. The summed E-state index contributed by atoms with van der Waals surface area (Å²) in [5.41, 5.74) is 0.584. The Morgan fingerprint density at radius 1 is 1.29 bits per heavy atom. The molecule has 1 heterocycles. The summed E-state index contributed by atoms with van der Waals surface area (Å²) in [4.78, 5) is 0.0220. The fourth-order valence-corrected chi connectivity index (χ4v) is 3.68. The van der Waals surface area contributed by atoms with E-state index in [0.717, 1.165) is 3.97 Å². The van der Waals surface area contributed by atoms with Crippen molar-refractivity contribution in [1.82, 2.24) is 3.97 Å². The van der Waals surface area contributed by atoms with Crippen LogP contribution in [0.25, 0.3) is 0 Å². The second kappa shape index (κ2) is 4.19. The fraction of sp³-hybridized carbons (Fsp3) is 0. The minimum Gasteiger partial charge on any atom is -0.508 e. The molecule has 6 heteroatoms. The number of phenols is 1. The van der Waals surface area contributed by atoms with Gasteiger partial charge in [0.05, 0.1) is 4.90 Å². The molecule has 0 unspecified atom stereocenters. The van der Waals surface area contributed by atoms with Crippen molar-refractivity contribution in [2.24, 2.45) is 0 Å². The Labute approximate surface area is 108 Å². The standard InChI is InChI=1S/C11H9BrNO3S/c1-8-5-11(12)13(7-8)17(15,16)10-4-2-3-9(14)6-10/h2-7,14H,1H2. The smallest absolute Gasteiger partial charge is 0.268 e. The molecule has 0 amide bonds. The molecular weight excluding hydrogens is 306 g/mol. The quantitative estimate of drug-likeness (QED) is 0.925. The number of aromatic nitrogens is 1. The molecule has 89 valence electrons. The zero-order valence-electron chi connectivity index (χ0n) is 8.67. The number of benzene rings is 1. The van der Waals surface area contributed by atoms with Gasteiger partial charge >= 0.3 is 0 Å². The molecule has 0 saturated carbocycles. The van der Waals surface area contributed by atoms with Gasteiger partial charge in [0.15, 0.2) is 0 Å². The van der Waals surface area contributed by atoms with Crippen LogP contribution in [-0.4, -0.2) is 17.5 Å². The molecule has 1 aromatic heterocycles. The third-order valence-electron chi connectivity index (χ3n) is 2.17. The SMILES string of the molecule is [CH2]c1cc(Br)n(S(=O)(=O)c2cccc(O)c2)c1. The highest BCUT2D eigenvalue weighted by atomic mass is 79.9. The molecule has 1 N–H and O–H groups in total. The molecule has 0 bridgehead atoms. The molecular formula is C11H9BrNO3S. The van der Waals surface area contributed by atoms with E-state index in [4.69, 9.17) is 0 Å². The van der Waals surface area contributed by atoms with Crippen LogP contribution in [0.3, 0.4) is 0 Å². The third kappa shape index (κ3) is 2.23. The van der Waals surface area contributed by atoms with Crippen LogP contribution < -0.4 is 0 Å². The van der Waals surface area contributed by atoms with Crippen LogP contribution in [0.2, 0.25) is 0 Å². The first-order valence-corrected chi connectivity index (χ1v) is 6.89. The lowest BCUT2D eigenvalue weighted by Gasteiger charge is -2.07. The molecule has 4 nitrogen and oxygen atoms in total. The monoisotopic (exact) mass is 314 g/mol. The minimum absolute atomic E-state index is 0.0220. The Morgan fingerprint density at radius 2 is 2.00 bits per heavy atom. The first-order chi connectivity index (χ1) is 7.91. The normalized spacial score (nSPS) is 11.6. The van der Waals surface area contributed by atoms with E-state index in [1.165, 1.54) is 30.5 Å². The van der Waals surface area contributed by atoms with Crippen molar-refractivity contribution in [3.8, 4) is 5.75 Å². The predicted octanol–water partition coefficient (Wildman–Crippen LogP) is 2.38. The van der Waals surface area contributed by atoms with Gasteiger partial charge in [0.25, 0.3) is 10.0 Å². The molecule has 0 spiro atoms. The molecule has 0 aliphatic heterocycles. The highest BCUT2D eigenvalue weighted by Gasteiger charge is 2.19. The van der Waals surface area contributed by atoms with Crippen molar-refractivity contribution in [3.05, 3.63) is 53.6 Å². The molecule has 17 heavy (non-hydrogen) atoms. The zero-order valence-corrected chi connectivity index (χ0v) is 11.1. The topological polar surface area (TPSA) is 59.3 Å². The van der Waals surface area contributed by atoms with Gasteiger partial charge in [0.2, 0.25) is 0 Å². The van der Waals surface area contributed by atoms with Gasteiger partial charge in [-0.25, -0.2) is 12.4 Å². The van der Waals surface area contributed by atoms with Crippen LogP contribution >= 0.6 is 15.9 Å². The molecule has 2 aromatic rings. The van der Waals surface area contributed by atoms with E-state index in [1.54, 1.807) is 6.07 Å². The summed E-state index contributed by atoms with van der Waals surface area (Å²) in [6.07, 6.45) is 1.41. The number of aromatic hydroxyl groups is 1. The molecule has 1 radical (unpaired) electrons. The van der Waals surface area contributed by atoms with E-state index in [0.29, 0.717) is 10.2 Å². The molecule has 0 saturated heterocycles. The first kappa shape index (κ1) is 12.2. The van der Waals surface area contributed by atoms with Crippen molar-refractivity contribution in [2.75, 3.05) is 0 Å². The van der Waals surface area contributed by atoms with Gasteiger partial charge in [-0.1, -0.05) is 6.07 Å². The van der Waals surface area contributed by atoms with E-state index in [2.05, 4.69) is 22.9 Å². The van der Waals surface area contributed by atoms with Gasteiger partial charge in [0, 0.05) is 12.3 Å². The maximum atomic E-state index is 12.2. The number of halogens is 1. The van der Waals surface area contributed by atoms with E-state index >= 15 is 0 Å². The third-order valence-corrected chi connectivity index (χ3v) is 4.69. The number of rotatable bonds is 2. The Balaban J connectivity index is 2.62. The predicted molar refractivity (Wildman–Crippen MR) is 67.3 cm³/mol. The summed E-state index contributed by atoms with van der Waals surface area (Å²) in [6, 6.07) is 7.11. The van der Waals surface area contributed by atoms with Crippen molar-refractivity contribution >= 4 is 26.0 Å². The van der Waals surface area contributed by atoms with Crippen molar-refractivity contribution in [1.29, 1.82) is 0 Å². The van der Waals surface area contributed by atoms with E-state index < -0.39 is 10.0 Å². The van der Waals surface area contributed by atoms with Gasteiger partial charge < -0.3 is 5.11 Å². The Kier molecular flexibility index (Phi) is 3.01. The van der Waals surface area contributed by atoms with Crippen molar-refractivity contribution in [3.63, 3.8) is 0 Å². The molecule has 1 aromatic carbocycles. The van der Waals surface area contributed by atoms with E-state index in [9.17, 15) is 13.5 Å². The van der Waals surface area contributed by atoms with E-state index in [1.807, 2.05) is 0 Å². The van der Waals surface area contributed by atoms with E-state index in [-0.39, 0.29) is 10.6 Å². The largest absolute Gasteiger partial charge is 0.508 e. The number of hydrogen-bond acceptors (Lipinski definition) is 3. The maximum absolute atomic E-state index is 12.2. The van der Waals surface area contributed by atoms with Crippen LogP contribution in [-0.2, 0) is 10.0 Å². The average Bonchev–Trinajstić information content (AvgIpc) is 2.58. The molecule has 0 fully saturated rings. The minimum atomic E-state index is -3.70. The lowest BCUT2D eigenvalue weighted by atomic mass is 10.3. The van der Waals surface area contributed by atoms with Crippen molar-refractivity contribution in [2.45, 2.75) is 4.90 Å². The molecule has 2 rings (SSSR count). The number of phenolic OH excluding ortho intramolecular Hbond substituents is 1.